The predicted molar refractivity (Wildman–Crippen MR) is 78.1 cm³/mol. The number of primary amides is 1. The molecule has 110 valence electrons. The summed E-state index contributed by atoms with van der Waals surface area (Å²) in [5.41, 5.74) is 7.13. The number of ether oxygens (including phenoxy) is 1. The van der Waals surface area contributed by atoms with Gasteiger partial charge in [-0.3, -0.25) is 4.79 Å². The molecule has 6 heteroatoms. The SMILES string of the molecule is NC(=O)c1ccc(C(=O)OCc2nc3ccccc3o2)cc1. The van der Waals surface area contributed by atoms with Gasteiger partial charge in [-0.25, -0.2) is 9.78 Å². The Morgan fingerprint density at radius 1 is 1.05 bits per heavy atom. The summed E-state index contributed by atoms with van der Waals surface area (Å²) in [7, 11) is 0. The fourth-order valence-electron chi connectivity index (χ4n) is 1.96. The molecule has 3 aromatic rings. The van der Waals surface area contributed by atoms with E-state index in [1.807, 2.05) is 18.2 Å². The lowest BCUT2D eigenvalue weighted by molar-refractivity contribution is 0.0440. The van der Waals surface area contributed by atoms with E-state index in [2.05, 4.69) is 4.98 Å². The Hall–Kier alpha value is -3.15. The molecule has 0 radical (unpaired) electrons. The highest BCUT2D eigenvalue weighted by Crippen LogP contribution is 2.15. The third-order valence-corrected chi connectivity index (χ3v) is 3.07. The maximum Gasteiger partial charge on any atom is 0.338 e. The molecular formula is C16H12N2O4. The van der Waals surface area contributed by atoms with Crippen LogP contribution >= 0.6 is 0 Å². The van der Waals surface area contributed by atoms with Crippen molar-refractivity contribution in [2.24, 2.45) is 5.73 Å². The minimum absolute atomic E-state index is 0.0644. The van der Waals surface area contributed by atoms with Crippen LogP contribution in [0.3, 0.4) is 0 Å². The van der Waals surface area contributed by atoms with Crippen molar-refractivity contribution in [3.8, 4) is 0 Å². The average Bonchev–Trinajstić information content (AvgIpc) is 2.95. The monoisotopic (exact) mass is 296 g/mol. The number of benzene rings is 2. The first-order valence-electron chi connectivity index (χ1n) is 6.55. The predicted octanol–water partition coefficient (Wildman–Crippen LogP) is 2.28. The maximum absolute atomic E-state index is 11.9. The molecule has 0 spiro atoms. The van der Waals surface area contributed by atoms with Gasteiger partial charge < -0.3 is 14.9 Å². The molecule has 2 N–H and O–H groups in total. The largest absolute Gasteiger partial charge is 0.452 e. The minimum Gasteiger partial charge on any atom is -0.452 e. The zero-order chi connectivity index (χ0) is 15.5. The van der Waals surface area contributed by atoms with E-state index >= 15 is 0 Å². The lowest BCUT2D eigenvalue weighted by atomic mass is 10.1. The number of esters is 1. The van der Waals surface area contributed by atoms with Gasteiger partial charge in [0.15, 0.2) is 12.2 Å². The molecule has 0 saturated carbocycles. The Morgan fingerprint density at radius 3 is 2.41 bits per heavy atom. The number of carbonyl (C=O) groups is 2. The van der Waals surface area contributed by atoms with Crippen molar-refractivity contribution in [3.63, 3.8) is 0 Å². The molecule has 0 aliphatic rings. The van der Waals surface area contributed by atoms with Gasteiger partial charge in [-0.2, -0.15) is 0 Å². The van der Waals surface area contributed by atoms with Crippen LogP contribution in [-0.2, 0) is 11.3 Å². The number of carbonyl (C=O) groups excluding carboxylic acids is 2. The van der Waals surface area contributed by atoms with Crippen molar-refractivity contribution in [2.75, 3.05) is 0 Å². The molecule has 3 rings (SSSR count). The zero-order valence-corrected chi connectivity index (χ0v) is 11.5. The van der Waals surface area contributed by atoms with E-state index in [-0.39, 0.29) is 6.61 Å². The van der Waals surface area contributed by atoms with Gasteiger partial charge in [0.05, 0.1) is 5.56 Å². The summed E-state index contributed by atoms with van der Waals surface area (Å²) in [6.45, 7) is -0.0644. The Balaban J connectivity index is 1.67. The molecule has 0 aliphatic carbocycles. The third kappa shape index (κ3) is 2.80. The van der Waals surface area contributed by atoms with Crippen molar-refractivity contribution in [3.05, 3.63) is 65.5 Å². The van der Waals surface area contributed by atoms with Crippen LogP contribution in [0.15, 0.2) is 52.9 Å². The van der Waals surface area contributed by atoms with Gasteiger partial charge in [0.2, 0.25) is 11.8 Å². The van der Waals surface area contributed by atoms with E-state index in [4.69, 9.17) is 14.9 Å². The van der Waals surface area contributed by atoms with Gasteiger partial charge in [-0.05, 0) is 36.4 Å². The van der Waals surface area contributed by atoms with Crippen LogP contribution < -0.4 is 5.73 Å². The van der Waals surface area contributed by atoms with Crippen LogP contribution in [0.4, 0.5) is 0 Å². The maximum atomic E-state index is 11.9. The van der Waals surface area contributed by atoms with Crippen LogP contribution in [0.5, 0.6) is 0 Å². The Labute approximate surface area is 125 Å². The molecule has 1 aromatic heterocycles. The zero-order valence-electron chi connectivity index (χ0n) is 11.5. The molecule has 0 unspecified atom stereocenters. The van der Waals surface area contributed by atoms with Crippen molar-refractivity contribution in [2.45, 2.75) is 6.61 Å². The summed E-state index contributed by atoms with van der Waals surface area (Å²) in [5.74, 6) is -0.757. The van der Waals surface area contributed by atoms with Crippen LogP contribution in [0.1, 0.15) is 26.6 Å². The van der Waals surface area contributed by atoms with E-state index in [1.165, 1.54) is 24.3 Å². The molecule has 0 atom stereocenters. The minimum atomic E-state index is -0.550. The second-order valence-electron chi connectivity index (χ2n) is 4.59. The topological polar surface area (TPSA) is 95.4 Å². The fraction of sp³-hybridized carbons (Fsp3) is 0.0625. The van der Waals surface area contributed by atoms with Crippen LogP contribution in [0, 0.1) is 0 Å². The van der Waals surface area contributed by atoms with Crippen molar-refractivity contribution in [1.82, 2.24) is 4.98 Å². The molecule has 0 fully saturated rings. The van der Waals surface area contributed by atoms with Gasteiger partial charge >= 0.3 is 5.97 Å². The molecule has 1 heterocycles. The molecule has 2 aromatic carbocycles. The van der Waals surface area contributed by atoms with Crippen LogP contribution in [-0.4, -0.2) is 16.9 Å². The Morgan fingerprint density at radius 2 is 1.73 bits per heavy atom. The van der Waals surface area contributed by atoms with Gasteiger partial charge in [-0.1, -0.05) is 12.1 Å². The van der Waals surface area contributed by atoms with E-state index in [0.717, 1.165) is 0 Å². The number of para-hydroxylation sites is 2. The quantitative estimate of drug-likeness (QED) is 0.745. The van der Waals surface area contributed by atoms with Gasteiger partial charge in [-0.15, -0.1) is 0 Å². The fourth-order valence-corrected chi connectivity index (χ4v) is 1.96. The van der Waals surface area contributed by atoms with Crippen molar-refractivity contribution in [1.29, 1.82) is 0 Å². The lowest BCUT2D eigenvalue weighted by Gasteiger charge is -2.02. The van der Waals surface area contributed by atoms with E-state index < -0.39 is 11.9 Å². The number of hydrogen-bond donors (Lipinski definition) is 1. The highest BCUT2D eigenvalue weighted by Gasteiger charge is 2.11. The summed E-state index contributed by atoms with van der Waals surface area (Å²) in [4.78, 5) is 27.1. The lowest BCUT2D eigenvalue weighted by Crippen LogP contribution is -2.11. The van der Waals surface area contributed by atoms with E-state index in [1.54, 1.807) is 6.07 Å². The normalized spacial score (nSPS) is 10.5. The second kappa shape index (κ2) is 5.69. The molecule has 1 amide bonds. The van der Waals surface area contributed by atoms with Gasteiger partial charge in [0.25, 0.3) is 0 Å². The number of fused-ring (bicyclic) bond motifs is 1. The number of rotatable bonds is 4. The number of amides is 1. The molecule has 0 saturated heterocycles. The van der Waals surface area contributed by atoms with Crippen LogP contribution in [0.2, 0.25) is 0 Å². The molecule has 0 aliphatic heterocycles. The number of hydrogen-bond acceptors (Lipinski definition) is 5. The second-order valence-corrected chi connectivity index (χ2v) is 4.59. The number of oxazole rings is 1. The van der Waals surface area contributed by atoms with Crippen molar-refractivity contribution >= 4 is 23.0 Å². The standard InChI is InChI=1S/C16H12N2O4/c17-15(19)10-5-7-11(8-6-10)16(20)21-9-14-18-12-3-1-2-4-13(12)22-14/h1-8H,9H2,(H2,17,19). The smallest absolute Gasteiger partial charge is 0.338 e. The van der Waals surface area contributed by atoms with E-state index in [0.29, 0.717) is 28.1 Å². The number of nitrogens with zero attached hydrogens (tertiary/aromatic N) is 1. The summed E-state index contributed by atoms with van der Waals surface area (Å²) in [6, 6.07) is 13.2. The first-order chi connectivity index (χ1) is 10.6. The Kier molecular flexibility index (Phi) is 3.57. The molecule has 0 bridgehead atoms. The first kappa shape index (κ1) is 13.8. The molecule has 22 heavy (non-hydrogen) atoms. The van der Waals surface area contributed by atoms with Gasteiger partial charge in [0.1, 0.15) is 5.52 Å². The van der Waals surface area contributed by atoms with Crippen LogP contribution in [0.25, 0.3) is 11.1 Å². The number of nitrogens with two attached hydrogens (primary N) is 1. The van der Waals surface area contributed by atoms with Gasteiger partial charge in [0, 0.05) is 5.56 Å². The summed E-state index contributed by atoms with van der Waals surface area (Å²) >= 11 is 0. The average molecular weight is 296 g/mol. The first-order valence-corrected chi connectivity index (χ1v) is 6.55. The molecular weight excluding hydrogens is 284 g/mol. The Bertz CT molecular complexity index is 804. The summed E-state index contributed by atoms with van der Waals surface area (Å²) < 4.78 is 10.6. The van der Waals surface area contributed by atoms with E-state index in [9.17, 15) is 9.59 Å². The number of aromatic nitrogens is 1. The van der Waals surface area contributed by atoms with Crippen molar-refractivity contribution < 1.29 is 18.7 Å². The molecule has 6 nitrogen and oxygen atoms in total. The summed E-state index contributed by atoms with van der Waals surface area (Å²) in [5, 5.41) is 0. The highest BCUT2D eigenvalue weighted by atomic mass is 16.5. The third-order valence-electron chi connectivity index (χ3n) is 3.07. The highest BCUT2D eigenvalue weighted by molar-refractivity contribution is 5.95. The summed E-state index contributed by atoms with van der Waals surface area (Å²) in [6.07, 6.45) is 0.